The zero-order valence-electron chi connectivity index (χ0n) is 6.26. The summed E-state index contributed by atoms with van der Waals surface area (Å²) in [4.78, 5) is 0. The molecule has 0 fully saturated rings. The van der Waals surface area contributed by atoms with Gasteiger partial charge in [0.1, 0.15) is 0 Å². The van der Waals surface area contributed by atoms with Crippen LogP contribution in [-0.4, -0.2) is 36.5 Å². The molecule has 0 saturated heterocycles. The van der Waals surface area contributed by atoms with Crippen LogP contribution in [0.1, 0.15) is 6.92 Å². The standard InChI is InChI=1S/C5H12Cl2O3Si/c1-2-10-11(6,7)4-5(9)3-8/h5,8-9H,2-4H2,1H3. The molecule has 0 rings (SSSR count). The monoisotopic (exact) mass is 218 g/mol. The number of hydrogen-bond acceptors (Lipinski definition) is 3. The summed E-state index contributed by atoms with van der Waals surface area (Å²) in [7, 11) is 0. The summed E-state index contributed by atoms with van der Waals surface area (Å²) >= 11 is 11.4. The van der Waals surface area contributed by atoms with E-state index in [1.54, 1.807) is 6.92 Å². The van der Waals surface area contributed by atoms with E-state index in [1.807, 2.05) is 0 Å². The van der Waals surface area contributed by atoms with Crippen molar-refractivity contribution in [2.24, 2.45) is 0 Å². The van der Waals surface area contributed by atoms with Crippen LogP contribution in [0.15, 0.2) is 0 Å². The Morgan fingerprint density at radius 3 is 2.45 bits per heavy atom. The number of hydrogen-bond donors (Lipinski definition) is 2. The highest BCUT2D eigenvalue weighted by Crippen LogP contribution is 2.23. The Hall–Kier alpha value is 0.677. The van der Waals surface area contributed by atoms with Crippen LogP contribution in [0, 0.1) is 0 Å². The lowest BCUT2D eigenvalue weighted by Gasteiger charge is -2.18. The van der Waals surface area contributed by atoms with E-state index in [-0.39, 0.29) is 12.7 Å². The number of aliphatic hydroxyl groups is 2. The van der Waals surface area contributed by atoms with Gasteiger partial charge in [-0.15, -0.1) is 22.2 Å². The Kier molecular flexibility index (Phi) is 5.67. The third-order valence-corrected chi connectivity index (χ3v) is 4.28. The van der Waals surface area contributed by atoms with E-state index in [9.17, 15) is 0 Å². The van der Waals surface area contributed by atoms with Gasteiger partial charge in [0.05, 0.1) is 12.7 Å². The van der Waals surface area contributed by atoms with Crippen molar-refractivity contribution < 1.29 is 14.6 Å². The molecule has 68 valence electrons. The molecule has 0 aromatic carbocycles. The Bertz CT molecular complexity index is 112. The van der Waals surface area contributed by atoms with E-state index in [0.717, 1.165) is 0 Å². The maximum absolute atomic E-state index is 8.96. The first-order valence-corrected chi connectivity index (χ1v) is 7.46. The van der Waals surface area contributed by atoms with Gasteiger partial charge in [0.15, 0.2) is 0 Å². The first-order chi connectivity index (χ1) is 5.02. The molecule has 1 atom stereocenters. The Morgan fingerprint density at radius 2 is 2.09 bits per heavy atom. The van der Waals surface area contributed by atoms with Crippen molar-refractivity contribution in [3.8, 4) is 0 Å². The molecule has 0 aliphatic heterocycles. The number of aliphatic hydroxyl groups excluding tert-OH is 2. The second-order valence-electron chi connectivity index (χ2n) is 2.11. The average molecular weight is 219 g/mol. The van der Waals surface area contributed by atoms with Gasteiger partial charge in [-0.25, -0.2) is 0 Å². The molecule has 0 aromatic heterocycles. The van der Waals surface area contributed by atoms with Gasteiger partial charge in [-0.2, -0.15) is 0 Å². The lowest BCUT2D eigenvalue weighted by molar-refractivity contribution is 0.106. The van der Waals surface area contributed by atoms with Crippen LogP contribution in [0.25, 0.3) is 0 Å². The summed E-state index contributed by atoms with van der Waals surface area (Å²) in [5.74, 6) is 0. The van der Waals surface area contributed by atoms with Crippen LogP contribution in [-0.2, 0) is 4.43 Å². The highest BCUT2D eigenvalue weighted by molar-refractivity contribution is 7.42. The van der Waals surface area contributed by atoms with Crippen molar-refractivity contribution >= 4 is 29.1 Å². The summed E-state index contributed by atoms with van der Waals surface area (Å²) in [5.41, 5.74) is 0. The Morgan fingerprint density at radius 1 is 1.55 bits per heavy atom. The van der Waals surface area contributed by atoms with Crippen molar-refractivity contribution in [1.82, 2.24) is 0 Å². The molecule has 11 heavy (non-hydrogen) atoms. The molecule has 0 aliphatic rings. The lowest BCUT2D eigenvalue weighted by Crippen LogP contribution is -2.31. The summed E-state index contributed by atoms with van der Waals surface area (Å²) in [6, 6.07) is 0.139. The molecule has 0 spiro atoms. The van der Waals surface area contributed by atoms with Crippen LogP contribution >= 0.6 is 22.2 Å². The minimum atomic E-state index is -2.75. The lowest BCUT2D eigenvalue weighted by atomic mass is 10.4. The molecule has 0 bridgehead atoms. The summed E-state index contributed by atoms with van der Waals surface area (Å²) in [5, 5.41) is 17.4. The van der Waals surface area contributed by atoms with Crippen LogP contribution in [0.3, 0.4) is 0 Å². The summed E-state index contributed by atoms with van der Waals surface area (Å²) < 4.78 is 5.00. The van der Waals surface area contributed by atoms with Crippen LogP contribution < -0.4 is 0 Å². The molecule has 0 heterocycles. The molecule has 0 saturated carbocycles. The Labute approximate surface area is 76.4 Å². The van der Waals surface area contributed by atoms with Crippen molar-refractivity contribution in [2.45, 2.75) is 19.1 Å². The van der Waals surface area contributed by atoms with E-state index >= 15 is 0 Å². The first-order valence-electron chi connectivity index (χ1n) is 3.32. The smallest absolute Gasteiger partial charge is 0.392 e. The number of halogens is 2. The molecule has 0 aromatic rings. The topological polar surface area (TPSA) is 49.7 Å². The normalized spacial score (nSPS) is 15.0. The largest absolute Gasteiger partial charge is 0.394 e. The predicted molar refractivity (Wildman–Crippen MR) is 47.0 cm³/mol. The third-order valence-electron chi connectivity index (χ3n) is 1.04. The third kappa shape index (κ3) is 5.90. The van der Waals surface area contributed by atoms with Gasteiger partial charge in [-0.05, 0) is 6.92 Å². The molecule has 0 radical (unpaired) electrons. The van der Waals surface area contributed by atoms with Crippen molar-refractivity contribution in [3.05, 3.63) is 0 Å². The number of rotatable bonds is 5. The van der Waals surface area contributed by atoms with E-state index in [4.69, 9.17) is 36.8 Å². The van der Waals surface area contributed by atoms with E-state index in [0.29, 0.717) is 6.61 Å². The fourth-order valence-electron chi connectivity index (χ4n) is 0.609. The van der Waals surface area contributed by atoms with E-state index < -0.39 is 13.0 Å². The molecule has 0 aliphatic carbocycles. The fourth-order valence-corrected chi connectivity index (χ4v) is 3.55. The SMILES string of the molecule is CCO[Si](Cl)(Cl)CC(O)CO. The van der Waals surface area contributed by atoms with Crippen molar-refractivity contribution in [3.63, 3.8) is 0 Å². The highest BCUT2D eigenvalue weighted by Gasteiger charge is 2.32. The molecule has 0 amide bonds. The van der Waals surface area contributed by atoms with Crippen molar-refractivity contribution in [1.29, 1.82) is 0 Å². The molecular formula is C5H12Cl2O3Si. The van der Waals surface area contributed by atoms with Crippen LogP contribution in [0.4, 0.5) is 0 Å². The quantitative estimate of drug-likeness (QED) is 0.531. The Balaban J connectivity index is 3.70. The summed E-state index contributed by atoms with van der Waals surface area (Å²) in [6.45, 7) is -0.881. The van der Waals surface area contributed by atoms with Gasteiger partial charge in [0, 0.05) is 12.7 Å². The molecule has 1 unspecified atom stereocenters. The maximum atomic E-state index is 8.96. The maximum Gasteiger partial charge on any atom is 0.392 e. The summed E-state index contributed by atoms with van der Waals surface area (Å²) in [6.07, 6.45) is -0.872. The fraction of sp³-hybridized carbons (Fsp3) is 1.00. The van der Waals surface area contributed by atoms with Gasteiger partial charge >= 0.3 is 6.94 Å². The second-order valence-corrected chi connectivity index (χ2v) is 8.33. The zero-order valence-corrected chi connectivity index (χ0v) is 8.77. The van der Waals surface area contributed by atoms with Gasteiger partial charge in [-0.3, -0.25) is 0 Å². The molecule has 6 heteroatoms. The zero-order chi connectivity index (χ0) is 8.91. The van der Waals surface area contributed by atoms with E-state index in [1.165, 1.54) is 0 Å². The minimum absolute atomic E-state index is 0.139. The molecular weight excluding hydrogens is 207 g/mol. The van der Waals surface area contributed by atoms with E-state index in [2.05, 4.69) is 0 Å². The van der Waals surface area contributed by atoms with Crippen LogP contribution in [0.5, 0.6) is 0 Å². The molecule has 2 N–H and O–H groups in total. The highest BCUT2D eigenvalue weighted by atomic mass is 35.7. The second kappa shape index (κ2) is 5.34. The van der Waals surface area contributed by atoms with Gasteiger partial charge in [-0.1, -0.05) is 0 Å². The first kappa shape index (κ1) is 11.7. The van der Waals surface area contributed by atoms with Gasteiger partial charge < -0.3 is 14.6 Å². The molecule has 3 nitrogen and oxygen atoms in total. The van der Waals surface area contributed by atoms with Gasteiger partial charge in [0.25, 0.3) is 0 Å². The minimum Gasteiger partial charge on any atom is -0.394 e. The van der Waals surface area contributed by atoms with Crippen molar-refractivity contribution in [2.75, 3.05) is 13.2 Å². The van der Waals surface area contributed by atoms with Crippen LogP contribution in [0.2, 0.25) is 6.04 Å². The van der Waals surface area contributed by atoms with Gasteiger partial charge in [0.2, 0.25) is 0 Å². The predicted octanol–water partition coefficient (Wildman–Crippen LogP) is 0.793. The average Bonchev–Trinajstić information content (AvgIpc) is 1.86.